The number of nitrogens with zero attached hydrogens (tertiary/aromatic N) is 2. The lowest BCUT2D eigenvalue weighted by molar-refractivity contribution is -0.141. The van der Waals surface area contributed by atoms with Crippen LogP contribution in [-0.4, -0.2) is 77.5 Å². The van der Waals surface area contributed by atoms with E-state index in [-0.39, 0.29) is 23.8 Å². The van der Waals surface area contributed by atoms with Gasteiger partial charge in [-0.2, -0.15) is 0 Å². The monoisotopic (exact) mass is 596 g/mol. The maximum atomic E-state index is 14.3. The first-order valence-electron chi connectivity index (χ1n) is 16.0. The molecule has 3 amide bonds. The van der Waals surface area contributed by atoms with Crippen LogP contribution in [0.5, 0.6) is 0 Å². The predicted octanol–water partition coefficient (Wildman–Crippen LogP) is 4.55. The highest BCUT2D eigenvalue weighted by atomic mass is 35.5. The van der Waals surface area contributed by atoms with Crippen LogP contribution in [0.1, 0.15) is 64.4 Å². The van der Waals surface area contributed by atoms with Crippen LogP contribution < -0.4 is 10.6 Å². The van der Waals surface area contributed by atoms with E-state index in [0.29, 0.717) is 29.1 Å². The van der Waals surface area contributed by atoms with Gasteiger partial charge in [-0.05, 0) is 81.8 Å². The van der Waals surface area contributed by atoms with E-state index in [1.165, 1.54) is 25.7 Å². The fraction of sp³-hybridized carbons (Fsp3) is 0.667. The third-order valence-corrected chi connectivity index (χ3v) is 11.1. The number of carbonyl (C=O) groups excluding carboxylic acids is 3. The van der Waals surface area contributed by atoms with Crippen LogP contribution in [0.2, 0.25) is 5.02 Å². The first kappa shape index (κ1) is 29.6. The number of amides is 3. The molecule has 9 heteroatoms. The summed E-state index contributed by atoms with van der Waals surface area (Å²) >= 11 is 6.31. The minimum Gasteiger partial charge on any atom is -0.359 e. The van der Waals surface area contributed by atoms with Crippen molar-refractivity contribution >= 4 is 35.0 Å². The van der Waals surface area contributed by atoms with Gasteiger partial charge in [-0.3, -0.25) is 14.4 Å². The van der Waals surface area contributed by atoms with Crippen LogP contribution in [0.3, 0.4) is 0 Å². The third kappa shape index (κ3) is 5.28. The number of likely N-dealkylation sites (tertiary alicyclic amines) is 2. The van der Waals surface area contributed by atoms with E-state index in [0.717, 1.165) is 44.5 Å². The van der Waals surface area contributed by atoms with Crippen molar-refractivity contribution in [3.05, 3.63) is 40.9 Å². The molecular formula is C33H45ClN4O4. The Hall–Kier alpha value is -2.42. The second-order valence-corrected chi connectivity index (χ2v) is 13.7. The van der Waals surface area contributed by atoms with Gasteiger partial charge in [0.05, 0.1) is 17.9 Å². The van der Waals surface area contributed by atoms with E-state index in [1.807, 2.05) is 31.2 Å². The fourth-order valence-electron chi connectivity index (χ4n) is 8.10. The average molecular weight is 597 g/mol. The highest BCUT2D eigenvalue weighted by Gasteiger charge is 2.72. The third-order valence-electron chi connectivity index (χ3n) is 10.7. The van der Waals surface area contributed by atoms with Gasteiger partial charge in [0, 0.05) is 23.3 Å². The molecule has 1 saturated carbocycles. The normalized spacial score (nSPS) is 35.9. The van der Waals surface area contributed by atoms with Gasteiger partial charge >= 0.3 is 0 Å². The first-order chi connectivity index (χ1) is 20.2. The Morgan fingerprint density at radius 1 is 1.07 bits per heavy atom. The number of anilines is 1. The number of fused-ring (bicyclic) bond motifs is 1. The van der Waals surface area contributed by atoms with E-state index in [9.17, 15) is 14.4 Å². The highest BCUT2D eigenvalue weighted by molar-refractivity contribution is 6.31. The molecule has 1 spiro atoms. The van der Waals surface area contributed by atoms with Crippen molar-refractivity contribution in [1.29, 1.82) is 0 Å². The first-order valence-corrected chi connectivity index (χ1v) is 16.3. The number of piperidine rings is 1. The van der Waals surface area contributed by atoms with Crippen LogP contribution in [0.25, 0.3) is 0 Å². The molecule has 0 aromatic heterocycles. The largest absolute Gasteiger partial charge is 0.359 e. The maximum Gasteiger partial charge on any atom is 0.246 e. The van der Waals surface area contributed by atoms with E-state index in [1.54, 1.807) is 11.0 Å². The van der Waals surface area contributed by atoms with E-state index in [2.05, 4.69) is 29.4 Å². The molecule has 8 nitrogen and oxygen atoms in total. The van der Waals surface area contributed by atoms with E-state index in [4.69, 9.17) is 16.3 Å². The van der Waals surface area contributed by atoms with Crippen LogP contribution >= 0.6 is 11.6 Å². The number of halogens is 1. The zero-order valence-corrected chi connectivity index (χ0v) is 25.9. The summed E-state index contributed by atoms with van der Waals surface area (Å²) in [6, 6.07) is 4.66. The quantitative estimate of drug-likeness (QED) is 0.430. The predicted molar refractivity (Wildman–Crippen MR) is 163 cm³/mol. The number of hydrogen-bond donors (Lipinski definition) is 2. The molecule has 4 fully saturated rings. The average Bonchev–Trinajstić information content (AvgIpc) is 3.61. The summed E-state index contributed by atoms with van der Waals surface area (Å²) in [4.78, 5) is 46.4. The molecule has 3 saturated heterocycles. The van der Waals surface area contributed by atoms with Crippen LogP contribution in [0, 0.1) is 30.6 Å². The van der Waals surface area contributed by atoms with Gasteiger partial charge in [0.1, 0.15) is 11.6 Å². The summed E-state index contributed by atoms with van der Waals surface area (Å²) in [7, 11) is 0. The zero-order chi connectivity index (χ0) is 29.6. The number of hydrogen-bond acceptors (Lipinski definition) is 5. The maximum absolute atomic E-state index is 14.3. The number of rotatable bonds is 8. The Labute approximate surface area is 254 Å². The van der Waals surface area contributed by atoms with Crippen molar-refractivity contribution < 1.29 is 19.1 Å². The van der Waals surface area contributed by atoms with Crippen LogP contribution in [0.15, 0.2) is 30.4 Å². The number of ether oxygens (including phenoxy) is 1. The van der Waals surface area contributed by atoms with Crippen molar-refractivity contribution in [2.24, 2.45) is 23.7 Å². The summed E-state index contributed by atoms with van der Waals surface area (Å²) in [5.41, 5.74) is 0.351. The van der Waals surface area contributed by atoms with Crippen molar-refractivity contribution in [2.45, 2.75) is 89.5 Å². The molecule has 4 heterocycles. The Morgan fingerprint density at radius 3 is 2.62 bits per heavy atom. The lowest BCUT2D eigenvalue weighted by atomic mass is 9.73. The zero-order valence-electron chi connectivity index (χ0n) is 25.1. The molecule has 228 valence electrons. The highest BCUT2D eigenvalue weighted by Crippen LogP contribution is 2.55. The molecule has 1 aliphatic carbocycles. The number of carbonyl (C=O) groups is 3. The molecule has 42 heavy (non-hydrogen) atoms. The molecule has 0 radical (unpaired) electrons. The minimum atomic E-state index is -1.15. The summed E-state index contributed by atoms with van der Waals surface area (Å²) in [6.45, 7) is 9.89. The summed E-state index contributed by atoms with van der Waals surface area (Å²) < 4.78 is 6.53. The van der Waals surface area contributed by atoms with Gasteiger partial charge < -0.3 is 25.2 Å². The molecule has 8 atom stereocenters. The van der Waals surface area contributed by atoms with Gasteiger partial charge in [0.15, 0.2) is 0 Å². The van der Waals surface area contributed by atoms with Gasteiger partial charge in [-0.25, -0.2) is 0 Å². The van der Waals surface area contributed by atoms with Crippen molar-refractivity contribution in [1.82, 2.24) is 15.1 Å². The lowest BCUT2D eigenvalue weighted by Gasteiger charge is -2.38. The molecule has 6 rings (SSSR count). The van der Waals surface area contributed by atoms with Crippen LogP contribution in [-0.2, 0) is 19.1 Å². The second-order valence-electron chi connectivity index (χ2n) is 13.3. The number of aryl methyl sites for hydroxylation is 1. The molecular weight excluding hydrogens is 552 g/mol. The summed E-state index contributed by atoms with van der Waals surface area (Å²) in [6.07, 6.45) is 10.9. The molecule has 1 aromatic carbocycles. The smallest absolute Gasteiger partial charge is 0.246 e. The van der Waals surface area contributed by atoms with Crippen molar-refractivity contribution in [3.63, 3.8) is 0 Å². The topological polar surface area (TPSA) is 91.0 Å². The number of nitrogens with one attached hydrogen (secondary N) is 2. The standard InChI is InChI=1S/C33H45ClN4O4/c1-20-9-7-10-25(22(20)3)36-31(40)29-33-14-13-26(42-33)27(30(39)35-23-12-11-21(2)24(34)19-23)28(33)32(41)38(29)18-8-17-37-15-5-4-6-16-37/h11-14,19-20,22,25-29H,4-10,15-18H2,1-3H3,(H,35,39)(H,36,40). The summed E-state index contributed by atoms with van der Waals surface area (Å²) in [5, 5.41) is 6.88. The Bertz CT molecular complexity index is 1250. The van der Waals surface area contributed by atoms with E-state index >= 15 is 0 Å². The van der Waals surface area contributed by atoms with E-state index < -0.39 is 29.6 Å². The molecule has 4 aliphatic heterocycles. The van der Waals surface area contributed by atoms with Crippen molar-refractivity contribution in [3.8, 4) is 0 Å². The van der Waals surface area contributed by atoms with Gasteiger partial charge in [0.25, 0.3) is 0 Å². The van der Waals surface area contributed by atoms with Gasteiger partial charge in [0.2, 0.25) is 17.7 Å². The second kappa shape index (κ2) is 11.9. The molecule has 1 aromatic rings. The Morgan fingerprint density at radius 2 is 1.86 bits per heavy atom. The van der Waals surface area contributed by atoms with Crippen molar-refractivity contribution in [2.75, 3.05) is 31.5 Å². The van der Waals surface area contributed by atoms with Gasteiger partial charge in [-0.1, -0.05) is 62.9 Å². The fourth-order valence-corrected chi connectivity index (χ4v) is 8.28. The Kier molecular flexibility index (Phi) is 8.42. The number of benzene rings is 1. The minimum absolute atomic E-state index is 0.0648. The molecule has 8 unspecified atom stereocenters. The molecule has 2 N–H and O–H groups in total. The Balaban J connectivity index is 1.25. The molecule has 2 bridgehead atoms. The van der Waals surface area contributed by atoms with Gasteiger partial charge in [-0.15, -0.1) is 0 Å². The SMILES string of the molecule is Cc1ccc(NC(=O)C2C3C=CC4(O3)C2C(=O)N(CCCN2CCCCC2)C4C(=O)NC2CCCC(C)C2C)cc1Cl. The molecule has 5 aliphatic rings. The van der Waals surface area contributed by atoms with Crippen LogP contribution in [0.4, 0.5) is 5.69 Å². The summed E-state index contributed by atoms with van der Waals surface area (Å²) in [5.74, 6) is -1.19. The lowest BCUT2D eigenvalue weighted by Crippen LogP contribution is -2.58.